The number of phenols is 1. The third-order valence-electron chi connectivity index (χ3n) is 4.10. The van der Waals surface area contributed by atoms with Crippen LogP contribution in [0.3, 0.4) is 0 Å². The van der Waals surface area contributed by atoms with Crippen LogP contribution >= 0.6 is 11.6 Å². The number of imidazole rings is 1. The fraction of sp³-hybridized carbons (Fsp3) is 0.211. The second kappa shape index (κ2) is 7.58. The van der Waals surface area contributed by atoms with Crippen molar-refractivity contribution >= 4 is 17.5 Å². The number of aromatic nitrogens is 2. The highest BCUT2D eigenvalue weighted by Crippen LogP contribution is 2.37. The molecule has 0 spiro atoms. The van der Waals surface area contributed by atoms with E-state index < -0.39 is 0 Å². The molecule has 0 aliphatic carbocycles. The van der Waals surface area contributed by atoms with Crippen LogP contribution in [0.25, 0.3) is 11.3 Å². The zero-order chi connectivity index (χ0) is 18.7. The van der Waals surface area contributed by atoms with Crippen molar-refractivity contribution in [3.05, 3.63) is 53.2 Å². The molecule has 6 nitrogen and oxygen atoms in total. The van der Waals surface area contributed by atoms with Gasteiger partial charge in [-0.3, -0.25) is 0 Å². The molecule has 0 bridgehead atoms. The molecule has 0 amide bonds. The van der Waals surface area contributed by atoms with Gasteiger partial charge in [-0.2, -0.15) is 0 Å². The summed E-state index contributed by atoms with van der Waals surface area (Å²) in [6.45, 7) is 0.493. The number of methoxy groups -OCH3 is 2. The largest absolute Gasteiger partial charge is 0.502 e. The number of anilines is 1. The molecule has 1 aromatic heterocycles. The van der Waals surface area contributed by atoms with Crippen LogP contribution in [0, 0.1) is 0 Å². The van der Waals surface area contributed by atoms with Crippen LogP contribution in [0.5, 0.6) is 17.2 Å². The lowest BCUT2D eigenvalue weighted by Crippen LogP contribution is -2.06. The summed E-state index contributed by atoms with van der Waals surface area (Å²) in [6, 6.07) is 11.1. The van der Waals surface area contributed by atoms with Gasteiger partial charge in [0.2, 0.25) is 11.7 Å². The van der Waals surface area contributed by atoms with Crippen LogP contribution in [-0.2, 0) is 13.6 Å². The lowest BCUT2D eigenvalue weighted by atomic mass is 10.2. The molecule has 7 heteroatoms. The van der Waals surface area contributed by atoms with Crippen molar-refractivity contribution in [2.45, 2.75) is 6.54 Å². The second-order valence-electron chi connectivity index (χ2n) is 5.74. The van der Waals surface area contributed by atoms with Gasteiger partial charge in [0.05, 0.1) is 26.1 Å². The lowest BCUT2D eigenvalue weighted by Gasteiger charge is -2.12. The summed E-state index contributed by atoms with van der Waals surface area (Å²) < 4.78 is 12.3. The Morgan fingerprint density at radius 2 is 1.85 bits per heavy atom. The molecule has 0 saturated heterocycles. The molecular formula is C19H20ClN3O3. The number of halogens is 1. The van der Waals surface area contributed by atoms with Gasteiger partial charge in [-0.1, -0.05) is 23.7 Å². The first-order chi connectivity index (χ1) is 12.5. The number of phenolic OH excluding ortho intramolecular Hbond substituents is 1. The van der Waals surface area contributed by atoms with E-state index in [4.69, 9.17) is 21.1 Å². The van der Waals surface area contributed by atoms with Gasteiger partial charge in [0.1, 0.15) is 0 Å². The molecule has 3 aromatic rings. The van der Waals surface area contributed by atoms with E-state index >= 15 is 0 Å². The van der Waals surface area contributed by atoms with Crippen molar-refractivity contribution in [3.8, 4) is 28.5 Å². The monoisotopic (exact) mass is 373 g/mol. The number of aromatic hydroxyl groups is 1. The highest BCUT2D eigenvalue weighted by atomic mass is 35.5. The molecule has 0 unspecified atom stereocenters. The van der Waals surface area contributed by atoms with E-state index in [-0.39, 0.29) is 5.75 Å². The van der Waals surface area contributed by atoms with Crippen LogP contribution < -0.4 is 14.8 Å². The van der Waals surface area contributed by atoms with Crippen LogP contribution in [0.2, 0.25) is 5.02 Å². The number of hydrogen-bond donors (Lipinski definition) is 2. The first-order valence-corrected chi connectivity index (χ1v) is 8.36. The minimum atomic E-state index is -0.0148. The molecule has 2 aromatic carbocycles. The van der Waals surface area contributed by atoms with Crippen LogP contribution in [0.1, 0.15) is 5.56 Å². The van der Waals surface area contributed by atoms with Crippen molar-refractivity contribution in [1.82, 2.24) is 9.55 Å². The summed E-state index contributed by atoms with van der Waals surface area (Å²) in [5, 5.41) is 14.0. The summed E-state index contributed by atoms with van der Waals surface area (Å²) in [7, 11) is 4.94. The summed E-state index contributed by atoms with van der Waals surface area (Å²) in [6.07, 6.45) is 1.80. The van der Waals surface area contributed by atoms with E-state index in [1.165, 1.54) is 14.2 Å². The van der Waals surface area contributed by atoms with Gasteiger partial charge in [0, 0.05) is 24.2 Å². The van der Waals surface area contributed by atoms with Gasteiger partial charge in [0.15, 0.2) is 11.5 Å². The summed E-state index contributed by atoms with van der Waals surface area (Å²) in [4.78, 5) is 4.44. The number of nitrogens with zero attached hydrogens (tertiary/aromatic N) is 2. The average molecular weight is 374 g/mol. The Bertz CT molecular complexity index is 899. The molecule has 0 atom stereocenters. The predicted octanol–water partition coefficient (Wildman–Crippen LogP) is 4.08. The standard InChI is InChI=1S/C19H20ClN3O3/c1-23-15(13-5-4-6-14(20)9-13)11-22-19(23)21-10-12-7-16(25-2)18(24)17(8-12)26-3/h4-9,11,24H,10H2,1-3H3,(H,21,22). The lowest BCUT2D eigenvalue weighted by molar-refractivity contribution is 0.339. The smallest absolute Gasteiger partial charge is 0.203 e. The van der Waals surface area contributed by atoms with Gasteiger partial charge in [0.25, 0.3) is 0 Å². The Kier molecular flexibility index (Phi) is 5.23. The van der Waals surface area contributed by atoms with Crippen LogP contribution in [0.15, 0.2) is 42.6 Å². The SMILES string of the molecule is COc1cc(CNc2ncc(-c3cccc(Cl)c3)n2C)cc(OC)c1O. The average Bonchev–Trinajstić information content (AvgIpc) is 3.01. The highest BCUT2D eigenvalue weighted by Gasteiger charge is 2.13. The fourth-order valence-electron chi connectivity index (χ4n) is 2.72. The Hall–Kier alpha value is -2.86. The molecule has 0 aliphatic heterocycles. The number of hydrogen-bond acceptors (Lipinski definition) is 5. The molecule has 0 aliphatic rings. The van der Waals surface area contributed by atoms with Gasteiger partial charge in [-0.25, -0.2) is 4.98 Å². The molecule has 26 heavy (non-hydrogen) atoms. The highest BCUT2D eigenvalue weighted by molar-refractivity contribution is 6.30. The van der Waals surface area contributed by atoms with Crippen LogP contribution in [0.4, 0.5) is 5.95 Å². The Labute approximate surface area is 157 Å². The van der Waals surface area contributed by atoms with E-state index in [0.717, 1.165) is 16.8 Å². The number of benzene rings is 2. The zero-order valence-electron chi connectivity index (χ0n) is 14.8. The van der Waals surface area contributed by atoms with E-state index in [1.807, 2.05) is 35.9 Å². The molecule has 0 saturated carbocycles. The molecule has 136 valence electrons. The summed E-state index contributed by atoms with van der Waals surface area (Å²) >= 11 is 6.08. The normalized spacial score (nSPS) is 10.6. The van der Waals surface area contributed by atoms with E-state index in [0.29, 0.717) is 29.0 Å². The minimum Gasteiger partial charge on any atom is -0.502 e. The van der Waals surface area contributed by atoms with Gasteiger partial charge in [-0.05, 0) is 29.8 Å². The molecule has 2 N–H and O–H groups in total. The molecule has 0 fully saturated rings. The maximum absolute atomic E-state index is 10.00. The van der Waals surface area contributed by atoms with Gasteiger partial charge >= 0.3 is 0 Å². The maximum atomic E-state index is 10.00. The first-order valence-electron chi connectivity index (χ1n) is 7.99. The molecular weight excluding hydrogens is 354 g/mol. The second-order valence-corrected chi connectivity index (χ2v) is 6.18. The molecule has 3 rings (SSSR count). The van der Waals surface area contributed by atoms with Crippen molar-refractivity contribution < 1.29 is 14.6 Å². The number of rotatable bonds is 6. The molecule has 0 radical (unpaired) electrons. The van der Waals surface area contributed by atoms with Crippen molar-refractivity contribution in [2.75, 3.05) is 19.5 Å². The topological polar surface area (TPSA) is 68.5 Å². The quantitative estimate of drug-likeness (QED) is 0.681. The van der Waals surface area contributed by atoms with Crippen molar-refractivity contribution in [1.29, 1.82) is 0 Å². The number of nitrogens with one attached hydrogen (secondary N) is 1. The Morgan fingerprint density at radius 3 is 2.46 bits per heavy atom. The Balaban J connectivity index is 1.81. The minimum absolute atomic E-state index is 0.0148. The van der Waals surface area contributed by atoms with E-state index in [1.54, 1.807) is 18.3 Å². The first kappa shape index (κ1) is 17.9. The van der Waals surface area contributed by atoms with Crippen molar-refractivity contribution in [3.63, 3.8) is 0 Å². The maximum Gasteiger partial charge on any atom is 0.203 e. The van der Waals surface area contributed by atoms with Gasteiger partial charge < -0.3 is 24.5 Å². The summed E-state index contributed by atoms with van der Waals surface area (Å²) in [5.74, 6) is 1.42. The van der Waals surface area contributed by atoms with Crippen LogP contribution in [-0.4, -0.2) is 28.9 Å². The summed E-state index contributed by atoms with van der Waals surface area (Å²) in [5.41, 5.74) is 2.84. The van der Waals surface area contributed by atoms with Crippen molar-refractivity contribution in [2.24, 2.45) is 7.05 Å². The number of ether oxygens (including phenoxy) is 2. The third kappa shape index (κ3) is 3.55. The predicted molar refractivity (Wildman–Crippen MR) is 102 cm³/mol. The third-order valence-corrected chi connectivity index (χ3v) is 4.33. The zero-order valence-corrected chi connectivity index (χ0v) is 15.5. The Morgan fingerprint density at radius 1 is 1.15 bits per heavy atom. The fourth-order valence-corrected chi connectivity index (χ4v) is 2.91. The van der Waals surface area contributed by atoms with Gasteiger partial charge in [-0.15, -0.1) is 0 Å². The van der Waals surface area contributed by atoms with E-state index in [9.17, 15) is 5.11 Å². The van der Waals surface area contributed by atoms with E-state index in [2.05, 4.69) is 10.3 Å². The molecule has 1 heterocycles.